The maximum atomic E-state index is 11.9. The molecule has 0 bridgehead atoms. The van der Waals surface area contributed by atoms with E-state index in [9.17, 15) is 9.90 Å². The van der Waals surface area contributed by atoms with Gasteiger partial charge < -0.3 is 14.6 Å². The zero-order chi connectivity index (χ0) is 21.8. The van der Waals surface area contributed by atoms with Crippen LogP contribution in [0.2, 0.25) is 5.02 Å². The number of carboxylic acid groups (broad SMARTS) is 1. The number of methoxy groups -OCH3 is 2. The molecule has 30 heavy (non-hydrogen) atoms. The summed E-state index contributed by atoms with van der Waals surface area (Å²) in [5, 5.41) is 17.4. The van der Waals surface area contributed by atoms with E-state index in [1.807, 2.05) is 12.1 Å². The van der Waals surface area contributed by atoms with Gasteiger partial charge in [-0.05, 0) is 93.4 Å². The van der Waals surface area contributed by atoms with E-state index in [-0.39, 0.29) is 10.1 Å². The molecule has 11 heteroatoms. The van der Waals surface area contributed by atoms with E-state index >= 15 is 0 Å². The Morgan fingerprint density at radius 2 is 2.00 bits per heavy atom. The molecule has 3 rings (SSSR count). The van der Waals surface area contributed by atoms with Crippen molar-refractivity contribution < 1.29 is 19.4 Å². The van der Waals surface area contributed by atoms with E-state index in [1.165, 1.54) is 0 Å². The third-order valence-corrected chi connectivity index (χ3v) is 6.36. The van der Waals surface area contributed by atoms with Gasteiger partial charge in [0.2, 0.25) is 5.16 Å². The normalized spacial score (nSPS) is 11.4. The standard InChI is InChI=1S/C19H14ClI2N3O4S/c1-28-14-4-3-10(20)7-12(14)17-23-19(25-24-17)30-15(18(26)27)6-9-5-11(21)8-13(22)16(9)29-2/h3-8H,1-2H3,(H,26,27)(H,23,24,25)/b15-6-. The van der Waals surface area contributed by atoms with E-state index < -0.39 is 5.97 Å². The number of hydrogen-bond donors (Lipinski definition) is 2. The average Bonchev–Trinajstić information content (AvgIpc) is 3.15. The topological polar surface area (TPSA) is 97.3 Å². The lowest BCUT2D eigenvalue weighted by atomic mass is 10.2. The van der Waals surface area contributed by atoms with Crippen LogP contribution in [0.1, 0.15) is 5.56 Å². The fourth-order valence-corrected chi connectivity index (χ4v) is 5.54. The SMILES string of the molecule is COc1ccc(Cl)cc1-c1nc(S/C(=C\c2cc(I)cc(I)c2OC)C(=O)O)n[nH]1. The molecule has 7 nitrogen and oxygen atoms in total. The molecule has 0 aliphatic carbocycles. The molecule has 0 fully saturated rings. The molecule has 0 aliphatic heterocycles. The molecule has 1 aromatic heterocycles. The van der Waals surface area contributed by atoms with Gasteiger partial charge >= 0.3 is 5.97 Å². The predicted molar refractivity (Wildman–Crippen MR) is 133 cm³/mol. The van der Waals surface area contributed by atoms with Crippen LogP contribution < -0.4 is 9.47 Å². The van der Waals surface area contributed by atoms with E-state index in [0.717, 1.165) is 18.9 Å². The summed E-state index contributed by atoms with van der Waals surface area (Å²) in [5.74, 6) is 0.500. The van der Waals surface area contributed by atoms with Crippen LogP contribution in [-0.2, 0) is 4.79 Å². The molecule has 0 atom stereocenters. The summed E-state index contributed by atoms with van der Waals surface area (Å²) in [5.41, 5.74) is 1.28. The zero-order valence-electron chi connectivity index (χ0n) is 15.6. The molecule has 2 N–H and O–H groups in total. The van der Waals surface area contributed by atoms with Crippen molar-refractivity contribution in [3.8, 4) is 22.9 Å². The fourth-order valence-electron chi connectivity index (χ4n) is 2.56. The molecule has 0 aliphatic rings. The van der Waals surface area contributed by atoms with Crippen LogP contribution in [-0.4, -0.2) is 40.5 Å². The Labute approximate surface area is 208 Å². The number of carboxylic acids is 1. The van der Waals surface area contributed by atoms with Crippen molar-refractivity contribution in [2.45, 2.75) is 5.16 Å². The van der Waals surface area contributed by atoms with Gasteiger partial charge in [0.1, 0.15) is 16.4 Å². The average molecular weight is 670 g/mol. The van der Waals surface area contributed by atoms with Crippen molar-refractivity contribution in [1.82, 2.24) is 15.2 Å². The smallest absolute Gasteiger partial charge is 0.342 e. The van der Waals surface area contributed by atoms with Gasteiger partial charge in [0.05, 0.1) is 23.4 Å². The first-order valence-electron chi connectivity index (χ1n) is 8.24. The van der Waals surface area contributed by atoms with Crippen LogP contribution in [0.15, 0.2) is 40.4 Å². The molecule has 0 saturated heterocycles. The van der Waals surface area contributed by atoms with Gasteiger partial charge in [-0.25, -0.2) is 9.78 Å². The molecular formula is C19H14ClI2N3O4S. The minimum Gasteiger partial charge on any atom is -0.496 e. The Morgan fingerprint density at radius 3 is 2.67 bits per heavy atom. The number of benzene rings is 2. The predicted octanol–water partition coefficient (Wildman–Crippen LogP) is 5.57. The molecule has 0 spiro atoms. The van der Waals surface area contributed by atoms with Gasteiger partial charge in [-0.3, -0.25) is 5.10 Å². The summed E-state index contributed by atoms with van der Waals surface area (Å²) in [6.07, 6.45) is 1.55. The first-order valence-corrected chi connectivity index (χ1v) is 11.6. The van der Waals surface area contributed by atoms with Crippen LogP contribution in [0.3, 0.4) is 0 Å². The number of ether oxygens (including phenoxy) is 2. The van der Waals surface area contributed by atoms with Gasteiger partial charge in [0.25, 0.3) is 0 Å². The lowest BCUT2D eigenvalue weighted by Crippen LogP contribution is -1.99. The number of aromatic amines is 1. The molecule has 0 saturated carbocycles. The number of aromatic nitrogens is 3. The largest absolute Gasteiger partial charge is 0.496 e. The second-order valence-corrected chi connectivity index (χ2v) is 9.59. The Hall–Kier alpha value is -1.51. The van der Waals surface area contributed by atoms with Crippen molar-refractivity contribution >= 4 is 80.6 Å². The number of rotatable bonds is 7. The first-order chi connectivity index (χ1) is 14.3. The first kappa shape index (κ1) is 23.2. The Kier molecular flexibility index (Phi) is 7.87. The summed E-state index contributed by atoms with van der Waals surface area (Å²) in [4.78, 5) is 16.3. The summed E-state index contributed by atoms with van der Waals surface area (Å²) < 4.78 is 12.6. The molecule has 2 aromatic carbocycles. The number of nitrogens with one attached hydrogen (secondary N) is 1. The third-order valence-electron chi connectivity index (χ3n) is 3.82. The molecule has 0 unspecified atom stereocenters. The quantitative estimate of drug-likeness (QED) is 0.193. The van der Waals surface area contributed by atoms with Crippen molar-refractivity contribution in [2.75, 3.05) is 14.2 Å². The lowest BCUT2D eigenvalue weighted by Gasteiger charge is -2.09. The summed E-state index contributed by atoms with van der Waals surface area (Å²) in [7, 11) is 3.09. The second-order valence-electron chi connectivity index (χ2n) is 5.74. The Balaban J connectivity index is 1.96. The van der Waals surface area contributed by atoms with E-state index in [2.05, 4.69) is 60.4 Å². The molecule has 156 valence electrons. The maximum absolute atomic E-state index is 11.9. The number of nitrogens with zero attached hydrogens (tertiary/aromatic N) is 2. The number of H-pyrrole nitrogens is 1. The van der Waals surface area contributed by atoms with Gasteiger partial charge in [-0.1, -0.05) is 11.6 Å². The molecule has 0 amide bonds. The lowest BCUT2D eigenvalue weighted by molar-refractivity contribution is -0.131. The van der Waals surface area contributed by atoms with Crippen LogP contribution in [0.4, 0.5) is 0 Å². The van der Waals surface area contributed by atoms with Crippen LogP contribution in [0, 0.1) is 7.14 Å². The van der Waals surface area contributed by atoms with Crippen LogP contribution in [0.25, 0.3) is 17.5 Å². The Bertz CT molecular complexity index is 1140. The van der Waals surface area contributed by atoms with Crippen LogP contribution >= 0.6 is 68.5 Å². The van der Waals surface area contributed by atoms with Crippen LogP contribution in [0.5, 0.6) is 11.5 Å². The highest BCUT2D eigenvalue weighted by atomic mass is 127. The number of halogens is 3. The molecule has 3 aromatic rings. The fraction of sp³-hybridized carbons (Fsp3) is 0.105. The maximum Gasteiger partial charge on any atom is 0.342 e. The third kappa shape index (κ3) is 5.39. The summed E-state index contributed by atoms with van der Waals surface area (Å²) >= 11 is 11.3. The Morgan fingerprint density at radius 1 is 1.23 bits per heavy atom. The van der Waals surface area contributed by atoms with Gasteiger partial charge in [-0.15, -0.1) is 5.10 Å². The van der Waals surface area contributed by atoms with Crippen molar-refractivity contribution in [3.63, 3.8) is 0 Å². The summed E-state index contributed by atoms with van der Waals surface area (Å²) in [6.45, 7) is 0. The minimum atomic E-state index is -1.09. The summed E-state index contributed by atoms with van der Waals surface area (Å²) in [6, 6.07) is 8.93. The van der Waals surface area contributed by atoms with E-state index in [4.69, 9.17) is 21.1 Å². The van der Waals surface area contributed by atoms with Crippen molar-refractivity contribution in [3.05, 3.63) is 53.0 Å². The zero-order valence-corrected chi connectivity index (χ0v) is 21.5. The van der Waals surface area contributed by atoms with E-state index in [1.54, 1.807) is 38.5 Å². The van der Waals surface area contributed by atoms with Crippen molar-refractivity contribution in [2.24, 2.45) is 0 Å². The minimum absolute atomic E-state index is 0.0507. The van der Waals surface area contributed by atoms with Crippen molar-refractivity contribution in [1.29, 1.82) is 0 Å². The van der Waals surface area contributed by atoms with E-state index in [0.29, 0.717) is 33.5 Å². The second kappa shape index (κ2) is 10.2. The highest BCUT2D eigenvalue weighted by molar-refractivity contribution is 14.1. The van der Waals surface area contributed by atoms with Gasteiger partial charge in [0, 0.05) is 14.2 Å². The molecule has 0 radical (unpaired) electrons. The molecular weight excluding hydrogens is 656 g/mol. The highest BCUT2D eigenvalue weighted by Gasteiger charge is 2.18. The number of thioether (sulfide) groups is 1. The number of hydrogen-bond acceptors (Lipinski definition) is 6. The highest BCUT2D eigenvalue weighted by Crippen LogP contribution is 2.35. The number of carbonyl (C=O) groups is 1. The van der Waals surface area contributed by atoms with Gasteiger partial charge in [0.15, 0.2) is 5.82 Å². The number of aliphatic carboxylic acids is 1. The molecule has 1 heterocycles. The monoisotopic (exact) mass is 669 g/mol. The van der Waals surface area contributed by atoms with Gasteiger partial charge in [-0.2, -0.15) is 0 Å².